The number of hydrogen-bond donors (Lipinski definition) is 3. The van der Waals surface area contributed by atoms with Crippen molar-refractivity contribution in [3.8, 4) is 0 Å². The van der Waals surface area contributed by atoms with Crippen molar-refractivity contribution >= 4 is 5.97 Å². The standard InChI is InChI=1S/C11H16N2O2/c1-12-6-8-3-9(7-13-2)5-10(4-8)11(14)15/h3-5,12-13H,6-7H2,1-2H3,(H,14,15). The highest BCUT2D eigenvalue weighted by Crippen LogP contribution is 2.10. The smallest absolute Gasteiger partial charge is 0.335 e. The molecule has 0 unspecified atom stereocenters. The molecule has 15 heavy (non-hydrogen) atoms. The summed E-state index contributed by atoms with van der Waals surface area (Å²) < 4.78 is 0. The Kier molecular flexibility index (Phi) is 4.27. The van der Waals surface area contributed by atoms with Crippen LogP contribution in [0.25, 0.3) is 0 Å². The molecule has 0 aliphatic heterocycles. The fraction of sp³-hybridized carbons (Fsp3) is 0.364. The Hall–Kier alpha value is -1.39. The minimum absolute atomic E-state index is 0.341. The van der Waals surface area contributed by atoms with Gasteiger partial charge in [-0.05, 0) is 37.4 Å². The topological polar surface area (TPSA) is 61.4 Å². The van der Waals surface area contributed by atoms with Crippen LogP contribution in [0.2, 0.25) is 0 Å². The second kappa shape index (κ2) is 5.48. The van der Waals surface area contributed by atoms with Crippen LogP contribution < -0.4 is 10.6 Å². The van der Waals surface area contributed by atoms with Gasteiger partial charge in [0.25, 0.3) is 0 Å². The lowest BCUT2D eigenvalue weighted by atomic mass is 10.1. The largest absolute Gasteiger partial charge is 0.478 e. The molecule has 0 radical (unpaired) electrons. The minimum Gasteiger partial charge on any atom is -0.478 e. The quantitative estimate of drug-likeness (QED) is 0.670. The summed E-state index contributed by atoms with van der Waals surface area (Å²) in [5, 5.41) is 14.9. The lowest BCUT2D eigenvalue weighted by Gasteiger charge is -2.07. The van der Waals surface area contributed by atoms with Crippen molar-refractivity contribution in [2.75, 3.05) is 14.1 Å². The first-order valence-electron chi connectivity index (χ1n) is 4.82. The number of carbonyl (C=O) groups is 1. The second-order valence-corrected chi connectivity index (χ2v) is 3.40. The average Bonchev–Trinajstić information content (AvgIpc) is 2.18. The first kappa shape index (κ1) is 11.7. The fourth-order valence-corrected chi connectivity index (χ4v) is 1.50. The summed E-state index contributed by atoms with van der Waals surface area (Å²) in [6, 6.07) is 5.38. The Morgan fingerprint density at radius 2 is 1.60 bits per heavy atom. The van der Waals surface area contributed by atoms with E-state index in [-0.39, 0.29) is 0 Å². The molecule has 0 fully saturated rings. The first-order valence-corrected chi connectivity index (χ1v) is 4.82. The van der Waals surface area contributed by atoms with Crippen molar-refractivity contribution in [3.63, 3.8) is 0 Å². The number of nitrogens with one attached hydrogen (secondary N) is 2. The Morgan fingerprint density at radius 1 is 1.13 bits per heavy atom. The molecule has 82 valence electrons. The van der Waals surface area contributed by atoms with Gasteiger partial charge in [0.05, 0.1) is 5.56 Å². The number of aromatic carboxylic acids is 1. The Labute approximate surface area is 89.3 Å². The third kappa shape index (κ3) is 3.34. The van der Waals surface area contributed by atoms with Crippen LogP contribution in [0.5, 0.6) is 0 Å². The van der Waals surface area contributed by atoms with Crippen molar-refractivity contribution < 1.29 is 9.90 Å². The fourth-order valence-electron chi connectivity index (χ4n) is 1.50. The van der Waals surface area contributed by atoms with E-state index < -0.39 is 5.97 Å². The van der Waals surface area contributed by atoms with Gasteiger partial charge in [-0.25, -0.2) is 4.79 Å². The summed E-state index contributed by atoms with van der Waals surface area (Å²) in [5.74, 6) is -0.884. The van der Waals surface area contributed by atoms with Gasteiger partial charge in [0.1, 0.15) is 0 Å². The summed E-state index contributed by atoms with van der Waals surface area (Å²) >= 11 is 0. The maximum absolute atomic E-state index is 10.9. The number of rotatable bonds is 5. The number of carboxylic acid groups (broad SMARTS) is 1. The van der Waals surface area contributed by atoms with Crippen LogP contribution in [0.4, 0.5) is 0 Å². The van der Waals surface area contributed by atoms with Gasteiger partial charge >= 0.3 is 5.97 Å². The number of hydrogen-bond acceptors (Lipinski definition) is 3. The van der Waals surface area contributed by atoms with Crippen LogP contribution in [0.15, 0.2) is 18.2 Å². The number of carboxylic acids is 1. The van der Waals surface area contributed by atoms with Crippen molar-refractivity contribution in [1.29, 1.82) is 0 Å². The molecule has 1 rings (SSSR count). The first-order chi connectivity index (χ1) is 7.17. The van der Waals surface area contributed by atoms with Gasteiger partial charge < -0.3 is 15.7 Å². The number of benzene rings is 1. The van der Waals surface area contributed by atoms with Gasteiger partial charge in [-0.1, -0.05) is 6.07 Å². The molecule has 0 amide bonds. The van der Waals surface area contributed by atoms with E-state index in [9.17, 15) is 4.79 Å². The summed E-state index contributed by atoms with van der Waals surface area (Å²) in [6.45, 7) is 1.36. The molecule has 3 N–H and O–H groups in total. The van der Waals surface area contributed by atoms with Crippen molar-refractivity contribution in [2.24, 2.45) is 0 Å². The van der Waals surface area contributed by atoms with Crippen LogP contribution in [-0.4, -0.2) is 25.2 Å². The van der Waals surface area contributed by atoms with Crippen LogP contribution in [-0.2, 0) is 13.1 Å². The minimum atomic E-state index is -0.884. The Bertz CT molecular complexity index is 326. The second-order valence-electron chi connectivity index (χ2n) is 3.40. The van der Waals surface area contributed by atoms with E-state index in [2.05, 4.69) is 10.6 Å². The molecular formula is C11H16N2O2. The predicted octanol–water partition coefficient (Wildman–Crippen LogP) is 0.824. The molecule has 4 heteroatoms. The van der Waals surface area contributed by atoms with Gasteiger partial charge in [-0.15, -0.1) is 0 Å². The normalized spacial score (nSPS) is 10.3. The summed E-state index contributed by atoms with van der Waals surface area (Å²) in [6.07, 6.45) is 0. The van der Waals surface area contributed by atoms with E-state index in [4.69, 9.17) is 5.11 Å². The molecule has 1 aromatic carbocycles. The van der Waals surface area contributed by atoms with E-state index >= 15 is 0 Å². The Balaban J connectivity index is 3.02. The van der Waals surface area contributed by atoms with E-state index in [0.29, 0.717) is 18.7 Å². The monoisotopic (exact) mass is 208 g/mol. The van der Waals surface area contributed by atoms with Gasteiger partial charge in [0.2, 0.25) is 0 Å². The molecule has 0 bridgehead atoms. The SMILES string of the molecule is CNCc1cc(CNC)cc(C(=O)O)c1. The zero-order chi connectivity index (χ0) is 11.3. The zero-order valence-corrected chi connectivity index (χ0v) is 9.00. The van der Waals surface area contributed by atoms with E-state index in [1.165, 1.54) is 0 Å². The molecule has 0 aliphatic carbocycles. The van der Waals surface area contributed by atoms with Crippen LogP contribution >= 0.6 is 0 Å². The zero-order valence-electron chi connectivity index (χ0n) is 9.00. The van der Waals surface area contributed by atoms with Gasteiger partial charge in [-0.2, -0.15) is 0 Å². The van der Waals surface area contributed by atoms with Crippen LogP contribution in [0.3, 0.4) is 0 Å². The van der Waals surface area contributed by atoms with Crippen molar-refractivity contribution in [3.05, 3.63) is 34.9 Å². The van der Waals surface area contributed by atoms with E-state index in [1.807, 2.05) is 20.2 Å². The third-order valence-electron chi connectivity index (χ3n) is 2.06. The average molecular weight is 208 g/mol. The Morgan fingerprint density at radius 3 is 1.93 bits per heavy atom. The molecule has 0 saturated carbocycles. The molecule has 1 aromatic rings. The van der Waals surface area contributed by atoms with Crippen LogP contribution in [0, 0.1) is 0 Å². The van der Waals surface area contributed by atoms with Crippen molar-refractivity contribution in [2.45, 2.75) is 13.1 Å². The highest BCUT2D eigenvalue weighted by molar-refractivity contribution is 5.88. The lowest BCUT2D eigenvalue weighted by Crippen LogP contribution is -2.10. The highest BCUT2D eigenvalue weighted by Gasteiger charge is 2.06. The van der Waals surface area contributed by atoms with Gasteiger partial charge in [0, 0.05) is 13.1 Å². The highest BCUT2D eigenvalue weighted by atomic mass is 16.4. The third-order valence-corrected chi connectivity index (χ3v) is 2.06. The molecule has 0 atom stereocenters. The predicted molar refractivity (Wildman–Crippen MR) is 58.9 cm³/mol. The maximum atomic E-state index is 10.9. The summed E-state index contributed by atoms with van der Waals surface area (Å²) in [5.41, 5.74) is 2.32. The van der Waals surface area contributed by atoms with Crippen molar-refractivity contribution in [1.82, 2.24) is 10.6 Å². The summed E-state index contributed by atoms with van der Waals surface area (Å²) in [7, 11) is 3.68. The molecule has 0 aliphatic rings. The lowest BCUT2D eigenvalue weighted by molar-refractivity contribution is 0.0696. The van der Waals surface area contributed by atoms with E-state index in [1.54, 1.807) is 12.1 Å². The van der Waals surface area contributed by atoms with Gasteiger partial charge in [0.15, 0.2) is 0 Å². The summed E-state index contributed by atoms with van der Waals surface area (Å²) in [4.78, 5) is 10.9. The maximum Gasteiger partial charge on any atom is 0.335 e. The molecule has 0 aromatic heterocycles. The van der Waals surface area contributed by atoms with E-state index in [0.717, 1.165) is 11.1 Å². The molecule has 0 spiro atoms. The van der Waals surface area contributed by atoms with Crippen LogP contribution in [0.1, 0.15) is 21.5 Å². The molecule has 4 nitrogen and oxygen atoms in total. The molecular weight excluding hydrogens is 192 g/mol. The van der Waals surface area contributed by atoms with Gasteiger partial charge in [-0.3, -0.25) is 0 Å². The molecule has 0 heterocycles. The molecule has 0 saturated heterocycles.